The van der Waals surface area contributed by atoms with Gasteiger partial charge in [-0.15, -0.1) is 0 Å². The lowest BCUT2D eigenvalue weighted by molar-refractivity contribution is -0.128. The zero-order valence-corrected chi connectivity index (χ0v) is 12.3. The molecule has 4 heteroatoms. The van der Waals surface area contributed by atoms with Gasteiger partial charge in [-0.2, -0.15) is 0 Å². The summed E-state index contributed by atoms with van der Waals surface area (Å²) in [5.74, 6) is 0.995. The zero-order chi connectivity index (χ0) is 14.4. The first-order valence-electron chi connectivity index (χ1n) is 6.61. The molecule has 106 valence electrons. The standard InChI is InChI=1S/C15H24N2O2/c1-11-10-13(12(2)16)7-8-14(11)19-9-5-6-15(18)17(3)4/h7-8,10,12H,5-6,9,16H2,1-4H3/t12-/m0/s1. The first-order chi connectivity index (χ1) is 8.91. The fourth-order valence-electron chi connectivity index (χ4n) is 1.75. The van der Waals surface area contributed by atoms with E-state index in [4.69, 9.17) is 10.5 Å². The number of aryl methyl sites for hydroxylation is 1. The summed E-state index contributed by atoms with van der Waals surface area (Å²) in [6.07, 6.45) is 1.25. The maximum absolute atomic E-state index is 11.4. The van der Waals surface area contributed by atoms with Crippen molar-refractivity contribution in [1.82, 2.24) is 4.90 Å². The third-order valence-electron chi connectivity index (χ3n) is 3.02. The summed E-state index contributed by atoms with van der Waals surface area (Å²) in [7, 11) is 3.53. The van der Waals surface area contributed by atoms with Gasteiger partial charge in [0.25, 0.3) is 0 Å². The summed E-state index contributed by atoms with van der Waals surface area (Å²) in [5, 5.41) is 0. The molecule has 0 aliphatic carbocycles. The summed E-state index contributed by atoms with van der Waals surface area (Å²) in [6, 6.07) is 6.01. The van der Waals surface area contributed by atoms with Crippen molar-refractivity contribution in [2.24, 2.45) is 5.73 Å². The van der Waals surface area contributed by atoms with Crippen LogP contribution in [0.5, 0.6) is 5.75 Å². The molecule has 1 aromatic rings. The Morgan fingerprint density at radius 1 is 1.42 bits per heavy atom. The lowest BCUT2D eigenvalue weighted by Gasteiger charge is -2.13. The Labute approximate surface area is 115 Å². The van der Waals surface area contributed by atoms with Crippen molar-refractivity contribution >= 4 is 5.91 Å². The van der Waals surface area contributed by atoms with Crippen molar-refractivity contribution in [3.05, 3.63) is 29.3 Å². The van der Waals surface area contributed by atoms with Crippen LogP contribution in [-0.4, -0.2) is 31.5 Å². The monoisotopic (exact) mass is 264 g/mol. The normalized spacial score (nSPS) is 12.1. The highest BCUT2D eigenvalue weighted by molar-refractivity contribution is 5.75. The summed E-state index contributed by atoms with van der Waals surface area (Å²) in [5.41, 5.74) is 8.01. The highest BCUT2D eigenvalue weighted by Crippen LogP contribution is 2.22. The van der Waals surface area contributed by atoms with Crippen LogP contribution in [0.2, 0.25) is 0 Å². The van der Waals surface area contributed by atoms with Gasteiger partial charge in [0, 0.05) is 26.6 Å². The van der Waals surface area contributed by atoms with Gasteiger partial charge < -0.3 is 15.4 Å². The minimum atomic E-state index is 0.0328. The SMILES string of the molecule is Cc1cc([C@H](C)N)ccc1OCCCC(=O)N(C)C. The van der Waals surface area contributed by atoms with Crippen molar-refractivity contribution in [2.45, 2.75) is 32.7 Å². The average Bonchev–Trinajstić information content (AvgIpc) is 2.35. The maximum Gasteiger partial charge on any atom is 0.222 e. The van der Waals surface area contributed by atoms with Crippen molar-refractivity contribution in [1.29, 1.82) is 0 Å². The lowest BCUT2D eigenvalue weighted by Crippen LogP contribution is -2.21. The topological polar surface area (TPSA) is 55.6 Å². The van der Waals surface area contributed by atoms with Crippen LogP contribution >= 0.6 is 0 Å². The Hall–Kier alpha value is -1.55. The molecule has 0 aromatic heterocycles. The molecule has 0 aliphatic rings. The number of nitrogens with zero attached hydrogens (tertiary/aromatic N) is 1. The third-order valence-corrected chi connectivity index (χ3v) is 3.02. The van der Waals surface area contributed by atoms with Gasteiger partial charge in [0.05, 0.1) is 6.61 Å². The molecule has 0 unspecified atom stereocenters. The molecule has 1 aromatic carbocycles. The minimum absolute atomic E-state index is 0.0328. The summed E-state index contributed by atoms with van der Waals surface area (Å²) in [4.78, 5) is 13.0. The average molecular weight is 264 g/mol. The number of carbonyl (C=O) groups excluding carboxylic acids is 1. The molecule has 0 aliphatic heterocycles. The van der Waals surface area contributed by atoms with E-state index >= 15 is 0 Å². The Bertz CT molecular complexity index is 428. The third kappa shape index (κ3) is 4.91. The second kappa shape index (κ2) is 7.14. The van der Waals surface area contributed by atoms with E-state index in [2.05, 4.69) is 0 Å². The minimum Gasteiger partial charge on any atom is -0.493 e. The van der Waals surface area contributed by atoms with Gasteiger partial charge in [0.1, 0.15) is 5.75 Å². The van der Waals surface area contributed by atoms with Gasteiger partial charge in [-0.3, -0.25) is 4.79 Å². The molecule has 4 nitrogen and oxygen atoms in total. The van der Waals surface area contributed by atoms with Gasteiger partial charge in [0.2, 0.25) is 5.91 Å². The van der Waals surface area contributed by atoms with Gasteiger partial charge in [-0.1, -0.05) is 12.1 Å². The van der Waals surface area contributed by atoms with Gasteiger partial charge >= 0.3 is 0 Å². The number of nitrogens with two attached hydrogens (primary N) is 1. The quantitative estimate of drug-likeness (QED) is 0.802. The fraction of sp³-hybridized carbons (Fsp3) is 0.533. The van der Waals surface area contributed by atoms with E-state index in [1.165, 1.54) is 0 Å². The molecule has 1 amide bonds. The number of hydrogen-bond acceptors (Lipinski definition) is 3. The maximum atomic E-state index is 11.4. The summed E-state index contributed by atoms with van der Waals surface area (Å²) in [6.45, 7) is 4.52. The number of ether oxygens (including phenoxy) is 1. The van der Waals surface area contributed by atoms with Crippen LogP contribution in [0.4, 0.5) is 0 Å². The highest BCUT2D eigenvalue weighted by Gasteiger charge is 2.06. The number of rotatable bonds is 6. The second-order valence-corrected chi connectivity index (χ2v) is 5.05. The Kier molecular flexibility index (Phi) is 5.83. The molecule has 0 heterocycles. The number of benzene rings is 1. The molecule has 2 N–H and O–H groups in total. The first-order valence-corrected chi connectivity index (χ1v) is 6.61. The number of amides is 1. The van der Waals surface area contributed by atoms with Crippen LogP contribution in [0, 0.1) is 6.92 Å². The molecule has 0 saturated carbocycles. The molecule has 0 radical (unpaired) electrons. The van der Waals surface area contributed by atoms with Crippen molar-refractivity contribution in [3.63, 3.8) is 0 Å². The lowest BCUT2D eigenvalue weighted by atomic mass is 10.1. The van der Waals surface area contributed by atoms with Crippen molar-refractivity contribution in [2.75, 3.05) is 20.7 Å². The zero-order valence-electron chi connectivity index (χ0n) is 12.3. The van der Waals surface area contributed by atoms with E-state index in [0.717, 1.165) is 23.3 Å². The summed E-state index contributed by atoms with van der Waals surface area (Å²) >= 11 is 0. The van der Waals surface area contributed by atoms with Gasteiger partial charge in [-0.05, 0) is 37.5 Å². The van der Waals surface area contributed by atoms with Crippen LogP contribution in [0.3, 0.4) is 0 Å². The van der Waals surface area contributed by atoms with Crippen LogP contribution in [0.15, 0.2) is 18.2 Å². The van der Waals surface area contributed by atoms with E-state index in [-0.39, 0.29) is 11.9 Å². The van der Waals surface area contributed by atoms with E-state index in [1.54, 1.807) is 19.0 Å². The molecule has 0 bridgehead atoms. The second-order valence-electron chi connectivity index (χ2n) is 5.05. The number of carbonyl (C=O) groups is 1. The largest absolute Gasteiger partial charge is 0.493 e. The van der Waals surface area contributed by atoms with Crippen LogP contribution in [0.25, 0.3) is 0 Å². The smallest absolute Gasteiger partial charge is 0.222 e. The number of hydrogen-bond donors (Lipinski definition) is 1. The van der Waals surface area contributed by atoms with Crippen LogP contribution in [0.1, 0.15) is 36.9 Å². The summed E-state index contributed by atoms with van der Waals surface area (Å²) < 4.78 is 5.69. The van der Waals surface area contributed by atoms with E-state index < -0.39 is 0 Å². The molecule has 0 saturated heterocycles. The molecule has 0 fully saturated rings. The first kappa shape index (κ1) is 15.5. The van der Waals surface area contributed by atoms with Gasteiger partial charge in [-0.25, -0.2) is 0 Å². The molecular weight excluding hydrogens is 240 g/mol. The Morgan fingerprint density at radius 3 is 2.63 bits per heavy atom. The predicted molar refractivity (Wildman–Crippen MR) is 77.2 cm³/mol. The molecule has 19 heavy (non-hydrogen) atoms. The molecule has 1 atom stereocenters. The van der Waals surface area contributed by atoms with Crippen molar-refractivity contribution < 1.29 is 9.53 Å². The van der Waals surface area contributed by atoms with Crippen LogP contribution < -0.4 is 10.5 Å². The molecular formula is C15H24N2O2. The Balaban J connectivity index is 2.44. The van der Waals surface area contributed by atoms with Gasteiger partial charge in [0.15, 0.2) is 0 Å². The fourth-order valence-corrected chi connectivity index (χ4v) is 1.75. The molecule has 0 spiro atoms. The Morgan fingerprint density at radius 2 is 2.11 bits per heavy atom. The van der Waals surface area contributed by atoms with Crippen LogP contribution in [-0.2, 0) is 4.79 Å². The van der Waals surface area contributed by atoms with E-state index in [0.29, 0.717) is 13.0 Å². The van der Waals surface area contributed by atoms with E-state index in [1.807, 2.05) is 32.0 Å². The van der Waals surface area contributed by atoms with Crippen molar-refractivity contribution in [3.8, 4) is 5.75 Å². The van der Waals surface area contributed by atoms with E-state index in [9.17, 15) is 4.79 Å². The predicted octanol–water partition coefficient (Wildman–Crippen LogP) is 2.26. The molecule has 1 rings (SSSR count). The highest BCUT2D eigenvalue weighted by atomic mass is 16.5.